The van der Waals surface area contributed by atoms with Crippen molar-refractivity contribution in [3.8, 4) is 0 Å². The van der Waals surface area contributed by atoms with E-state index < -0.39 is 0 Å². The average molecular weight is 169 g/mol. The van der Waals surface area contributed by atoms with Gasteiger partial charge in [-0.3, -0.25) is 0 Å². The number of oxime groups is 1. The highest BCUT2D eigenvalue weighted by Gasteiger charge is 2.11. The summed E-state index contributed by atoms with van der Waals surface area (Å²) in [5, 5.41) is 3.93. The maximum atomic E-state index is 4.90. The molecule has 2 nitrogen and oxygen atoms in total. The van der Waals surface area contributed by atoms with Gasteiger partial charge in [0.05, 0.1) is 5.71 Å². The molecule has 2 heteroatoms. The molecule has 0 N–H and O–H groups in total. The van der Waals surface area contributed by atoms with Gasteiger partial charge in [0.1, 0.15) is 6.26 Å². The summed E-state index contributed by atoms with van der Waals surface area (Å²) >= 11 is 0. The first-order chi connectivity index (χ1) is 5.45. The lowest BCUT2D eigenvalue weighted by Crippen LogP contribution is -2.10. The van der Waals surface area contributed by atoms with Crippen LogP contribution in [0, 0.1) is 5.41 Å². The number of hydrogen-bond donors (Lipinski definition) is 0. The number of hydrogen-bond acceptors (Lipinski definition) is 2. The van der Waals surface area contributed by atoms with Gasteiger partial charge >= 0.3 is 0 Å². The second-order valence-corrected chi connectivity index (χ2v) is 4.14. The molecule has 0 bridgehead atoms. The Morgan fingerprint density at radius 1 is 1.42 bits per heavy atom. The fraction of sp³-hybridized carbons (Fsp3) is 0.700. The molecule has 12 heavy (non-hydrogen) atoms. The van der Waals surface area contributed by atoms with E-state index in [9.17, 15) is 0 Å². The number of rotatable bonds is 3. The second kappa shape index (κ2) is 4.96. The largest absolute Gasteiger partial charge is 0.365 e. The normalized spacial score (nSPS) is 13.9. The van der Waals surface area contributed by atoms with Gasteiger partial charge < -0.3 is 4.84 Å². The van der Waals surface area contributed by atoms with Crippen molar-refractivity contribution in [1.29, 1.82) is 0 Å². The molecule has 0 aromatic rings. The highest BCUT2D eigenvalue weighted by atomic mass is 16.6. The quantitative estimate of drug-likeness (QED) is 0.360. The Morgan fingerprint density at radius 3 is 2.42 bits per heavy atom. The molecular weight excluding hydrogens is 150 g/mol. The van der Waals surface area contributed by atoms with Crippen LogP contribution in [0.25, 0.3) is 0 Å². The lowest BCUT2D eigenvalue weighted by Gasteiger charge is -2.16. The monoisotopic (exact) mass is 169 g/mol. The molecule has 0 amide bonds. The Hall–Kier alpha value is -0.790. The minimum atomic E-state index is 0.285. The predicted octanol–water partition coefficient (Wildman–Crippen LogP) is 3.35. The molecule has 0 rings (SSSR count). The first-order valence-electron chi connectivity index (χ1n) is 4.26. The van der Waals surface area contributed by atoms with Crippen LogP contribution in [0.5, 0.6) is 0 Å². The third-order valence-electron chi connectivity index (χ3n) is 1.19. The lowest BCUT2D eigenvalue weighted by atomic mass is 9.90. The predicted molar refractivity (Wildman–Crippen MR) is 53.1 cm³/mol. The molecular formula is C10H19NO. The van der Waals surface area contributed by atoms with E-state index in [1.807, 2.05) is 19.9 Å². The molecule has 70 valence electrons. The molecule has 0 unspecified atom stereocenters. The molecule has 0 spiro atoms. The zero-order valence-corrected chi connectivity index (χ0v) is 8.72. The van der Waals surface area contributed by atoms with E-state index in [1.54, 1.807) is 6.26 Å². The van der Waals surface area contributed by atoms with E-state index in [0.717, 1.165) is 12.1 Å². The molecule has 0 heterocycles. The maximum Gasteiger partial charge on any atom is 0.117 e. The zero-order valence-electron chi connectivity index (χ0n) is 8.72. The molecule has 0 saturated heterocycles. The molecule has 0 radical (unpaired) electrons. The Kier molecular flexibility index (Phi) is 4.64. The van der Waals surface area contributed by atoms with Crippen LogP contribution >= 0.6 is 0 Å². The standard InChI is InChI=1S/C10H19NO/c1-6-7-12-11-9(2)8-10(3,4)5/h6-7H,8H2,1-5H3/b7-6?,11-9+. The van der Waals surface area contributed by atoms with Gasteiger partial charge in [-0.2, -0.15) is 0 Å². The van der Waals surface area contributed by atoms with Crippen LogP contribution in [0.2, 0.25) is 0 Å². The van der Waals surface area contributed by atoms with E-state index >= 15 is 0 Å². The van der Waals surface area contributed by atoms with Crippen molar-refractivity contribution in [3.05, 3.63) is 12.3 Å². The van der Waals surface area contributed by atoms with Gasteiger partial charge in [0.15, 0.2) is 0 Å². The molecule has 0 aliphatic rings. The average Bonchev–Trinajstić information content (AvgIpc) is 1.84. The van der Waals surface area contributed by atoms with Crippen LogP contribution in [0.4, 0.5) is 0 Å². The van der Waals surface area contributed by atoms with Crippen molar-refractivity contribution in [2.24, 2.45) is 10.6 Å². The van der Waals surface area contributed by atoms with Crippen LogP contribution < -0.4 is 0 Å². The second-order valence-electron chi connectivity index (χ2n) is 4.14. The molecule has 0 aromatic carbocycles. The fourth-order valence-corrected chi connectivity index (χ4v) is 0.981. The lowest BCUT2D eigenvalue weighted by molar-refractivity contribution is 0.263. The van der Waals surface area contributed by atoms with Crippen molar-refractivity contribution < 1.29 is 4.84 Å². The van der Waals surface area contributed by atoms with E-state index in [-0.39, 0.29) is 5.41 Å². The van der Waals surface area contributed by atoms with Gasteiger partial charge in [0.25, 0.3) is 0 Å². The summed E-state index contributed by atoms with van der Waals surface area (Å²) in [6.45, 7) is 10.4. The van der Waals surface area contributed by atoms with Crippen LogP contribution in [0.3, 0.4) is 0 Å². The Morgan fingerprint density at radius 2 is 2.00 bits per heavy atom. The molecule has 0 aromatic heterocycles. The molecule has 0 aliphatic heterocycles. The first-order valence-corrected chi connectivity index (χ1v) is 4.26. The molecule has 0 saturated carbocycles. The Balaban J connectivity index is 3.86. The van der Waals surface area contributed by atoms with Crippen molar-refractivity contribution in [2.75, 3.05) is 0 Å². The van der Waals surface area contributed by atoms with Crippen molar-refractivity contribution in [2.45, 2.75) is 41.0 Å². The summed E-state index contributed by atoms with van der Waals surface area (Å²) in [5.74, 6) is 0. The fourth-order valence-electron chi connectivity index (χ4n) is 0.981. The summed E-state index contributed by atoms with van der Waals surface area (Å²) < 4.78 is 0. The van der Waals surface area contributed by atoms with Gasteiger partial charge in [-0.15, -0.1) is 0 Å². The highest BCUT2D eigenvalue weighted by molar-refractivity contribution is 5.81. The topological polar surface area (TPSA) is 21.6 Å². The first kappa shape index (κ1) is 11.2. The summed E-state index contributed by atoms with van der Waals surface area (Å²) in [5.41, 5.74) is 1.31. The number of allylic oxidation sites excluding steroid dienone is 1. The van der Waals surface area contributed by atoms with Crippen molar-refractivity contribution in [3.63, 3.8) is 0 Å². The zero-order chi connectivity index (χ0) is 9.61. The Bertz CT molecular complexity index is 175. The van der Waals surface area contributed by atoms with Gasteiger partial charge in [-0.1, -0.05) is 25.9 Å². The van der Waals surface area contributed by atoms with Gasteiger partial charge in [-0.25, -0.2) is 0 Å². The summed E-state index contributed by atoms with van der Waals surface area (Å²) in [6, 6.07) is 0. The summed E-state index contributed by atoms with van der Waals surface area (Å²) in [6.07, 6.45) is 4.35. The van der Waals surface area contributed by atoms with Gasteiger partial charge in [0, 0.05) is 0 Å². The highest BCUT2D eigenvalue weighted by Crippen LogP contribution is 2.18. The number of nitrogens with zero attached hydrogens (tertiary/aromatic N) is 1. The molecule has 0 aliphatic carbocycles. The smallest absolute Gasteiger partial charge is 0.117 e. The van der Waals surface area contributed by atoms with Crippen LogP contribution in [0.1, 0.15) is 41.0 Å². The van der Waals surface area contributed by atoms with E-state index in [2.05, 4.69) is 25.9 Å². The Labute approximate surface area is 75.3 Å². The van der Waals surface area contributed by atoms with Gasteiger partial charge in [-0.05, 0) is 31.8 Å². The summed E-state index contributed by atoms with van der Waals surface area (Å²) in [4.78, 5) is 4.90. The maximum absolute atomic E-state index is 4.90. The van der Waals surface area contributed by atoms with E-state index in [1.165, 1.54) is 0 Å². The summed E-state index contributed by atoms with van der Waals surface area (Å²) in [7, 11) is 0. The SMILES string of the molecule is CC=CO/N=C(\C)CC(C)(C)C. The minimum Gasteiger partial charge on any atom is -0.365 e. The van der Waals surface area contributed by atoms with Crippen LogP contribution in [-0.4, -0.2) is 5.71 Å². The van der Waals surface area contributed by atoms with Crippen molar-refractivity contribution in [1.82, 2.24) is 0 Å². The van der Waals surface area contributed by atoms with Crippen LogP contribution in [0.15, 0.2) is 17.5 Å². The van der Waals surface area contributed by atoms with Crippen molar-refractivity contribution >= 4 is 5.71 Å². The third kappa shape index (κ3) is 7.32. The van der Waals surface area contributed by atoms with Gasteiger partial charge in [0.2, 0.25) is 0 Å². The molecule has 0 fully saturated rings. The molecule has 0 atom stereocenters. The van der Waals surface area contributed by atoms with E-state index in [4.69, 9.17) is 4.84 Å². The third-order valence-corrected chi connectivity index (χ3v) is 1.19. The van der Waals surface area contributed by atoms with Crippen LogP contribution in [-0.2, 0) is 4.84 Å². The minimum absolute atomic E-state index is 0.285. The van der Waals surface area contributed by atoms with E-state index in [0.29, 0.717) is 0 Å².